The third-order valence-corrected chi connectivity index (χ3v) is 5.50. The average molecular weight is 355 g/mol. The van der Waals surface area contributed by atoms with Crippen LogP contribution in [0.5, 0.6) is 0 Å². The molecule has 2 fully saturated rings. The Labute approximate surface area is 146 Å². The molecule has 0 aliphatic carbocycles. The Morgan fingerprint density at radius 2 is 1.88 bits per heavy atom. The quantitative estimate of drug-likeness (QED) is 0.815. The van der Waals surface area contributed by atoms with Crippen molar-refractivity contribution in [2.75, 3.05) is 26.7 Å². The highest BCUT2D eigenvalue weighted by Crippen LogP contribution is 2.31. The van der Waals surface area contributed by atoms with Crippen LogP contribution in [0.2, 0.25) is 0 Å². The van der Waals surface area contributed by atoms with Crippen molar-refractivity contribution in [3.8, 4) is 0 Å². The van der Waals surface area contributed by atoms with Crippen LogP contribution in [0.25, 0.3) is 0 Å². The van der Waals surface area contributed by atoms with E-state index >= 15 is 0 Å². The van der Waals surface area contributed by atoms with Crippen molar-refractivity contribution in [3.05, 3.63) is 29.6 Å². The van der Waals surface area contributed by atoms with E-state index in [1.807, 2.05) is 0 Å². The van der Waals surface area contributed by atoms with Crippen molar-refractivity contribution in [2.45, 2.75) is 44.3 Å². The molecular formula is C18H24F3N3O. The van der Waals surface area contributed by atoms with Crippen molar-refractivity contribution in [1.29, 1.82) is 0 Å². The molecule has 4 nitrogen and oxygen atoms in total. The smallest absolute Gasteiger partial charge is 0.339 e. The highest BCUT2D eigenvalue weighted by atomic mass is 19.4. The Morgan fingerprint density at radius 1 is 1.16 bits per heavy atom. The van der Waals surface area contributed by atoms with Crippen LogP contribution in [0.4, 0.5) is 13.2 Å². The van der Waals surface area contributed by atoms with Crippen LogP contribution in [-0.4, -0.2) is 53.4 Å². The van der Waals surface area contributed by atoms with Gasteiger partial charge in [-0.25, -0.2) is 0 Å². The Bertz CT molecular complexity index is 612. The summed E-state index contributed by atoms with van der Waals surface area (Å²) in [5, 5.41) is 0. The number of likely N-dealkylation sites (tertiary alicyclic amines) is 2. The lowest BCUT2D eigenvalue weighted by molar-refractivity contribution is -0.141. The maximum absolute atomic E-state index is 12.8. The molecule has 0 N–H and O–H groups in total. The van der Waals surface area contributed by atoms with E-state index in [1.54, 1.807) is 4.90 Å². The molecule has 2 saturated heterocycles. The lowest BCUT2D eigenvalue weighted by Gasteiger charge is -2.42. The second-order valence-corrected chi connectivity index (χ2v) is 7.10. The summed E-state index contributed by atoms with van der Waals surface area (Å²) in [5.74, 6) is 0.237. The van der Waals surface area contributed by atoms with Gasteiger partial charge in [-0.15, -0.1) is 0 Å². The fraction of sp³-hybridized carbons (Fsp3) is 0.667. The zero-order valence-corrected chi connectivity index (χ0v) is 14.4. The van der Waals surface area contributed by atoms with Gasteiger partial charge < -0.3 is 9.80 Å². The van der Waals surface area contributed by atoms with Crippen LogP contribution in [-0.2, 0) is 6.18 Å². The minimum Gasteiger partial charge on any atom is -0.339 e. The van der Waals surface area contributed by atoms with Crippen molar-refractivity contribution >= 4 is 5.91 Å². The predicted molar refractivity (Wildman–Crippen MR) is 88.1 cm³/mol. The number of carbonyl (C=O) groups excluding carboxylic acids is 1. The van der Waals surface area contributed by atoms with Crippen molar-refractivity contribution in [2.24, 2.45) is 5.92 Å². The van der Waals surface area contributed by atoms with Crippen LogP contribution in [0.15, 0.2) is 18.3 Å². The molecule has 2 aliphatic rings. The fourth-order valence-electron chi connectivity index (χ4n) is 4.08. The topological polar surface area (TPSA) is 36.4 Å². The van der Waals surface area contributed by atoms with Gasteiger partial charge >= 0.3 is 6.18 Å². The molecule has 0 aromatic carbocycles. The van der Waals surface area contributed by atoms with Crippen LogP contribution in [0.3, 0.4) is 0 Å². The molecule has 0 bridgehead atoms. The van der Waals surface area contributed by atoms with E-state index < -0.39 is 11.9 Å². The molecule has 7 heteroatoms. The molecule has 1 aromatic rings. The number of carbonyl (C=O) groups is 1. The number of aromatic nitrogens is 1. The summed E-state index contributed by atoms with van der Waals surface area (Å²) in [6.45, 7) is 2.34. The molecule has 1 aromatic heterocycles. The van der Waals surface area contributed by atoms with Crippen LogP contribution < -0.4 is 0 Å². The molecule has 0 saturated carbocycles. The van der Waals surface area contributed by atoms with Crippen molar-refractivity contribution in [1.82, 2.24) is 14.8 Å². The molecule has 25 heavy (non-hydrogen) atoms. The number of nitrogens with zero attached hydrogens (tertiary/aromatic N) is 3. The number of alkyl halides is 3. The number of halogens is 3. The molecule has 3 heterocycles. The summed E-state index contributed by atoms with van der Waals surface area (Å²) in [6, 6.07) is 2.78. The summed E-state index contributed by atoms with van der Waals surface area (Å²) in [5.41, 5.74) is -0.951. The molecule has 0 spiro atoms. The van der Waals surface area contributed by atoms with Gasteiger partial charge in [-0.1, -0.05) is 6.42 Å². The van der Waals surface area contributed by atoms with Gasteiger partial charge in [-0.2, -0.15) is 13.2 Å². The third-order valence-electron chi connectivity index (χ3n) is 5.50. The first kappa shape index (κ1) is 18.2. The van der Waals surface area contributed by atoms with Crippen LogP contribution >= 0.6 is 0 Å². The monoisotopic (exact) mass is 355 g/mol. The van der Waals surface area contributed by atoms with E-state index in [9.17, 15) is 18.0 Å². The van der Waals surface area contributed by atoms with Gasteiger partial charge in [0.2, 0.25) is 0 Å². The summed E-state index contributed by atoms with van der Waals surface area (Å²) in [7, 11) is 2.16. The Hall–Kier alpha value is -1.63. The highest BCUT2D eigenvalue weighted by Gasteiger charge is 2.35. The number of rotatable bonds is 2. The normalized spacial score (nSPS) is 23.7. The van der Waals surface area contributed by atoms with Gasteiger partial charge in [0.25, 0.3) is 5.91 Å². The first-order valence-electron chi connectivity index (χ1n) is 8.89. The van der Waals surface area contributed by atoms with Crippen LogP contribution in [0.1, 0.15) is 48.2 Å². The van der Waals surface area contributed by atoms with Gasteiger partial charge in [0, 0.05) is 30.9 Å². The van der Waals surface area contributed by atoms with Crippen molar-refractivity contribution < 1.29 is 18.0 Å². The summed E-state index contributed by atoms with van der Waals surface area (Å²) >= 11 is 0. The first-order chi connectivity index (χ1) is 11.9. The highest BCUT2D eigenvalue weighted by molar-refractivity contribution is 5.94. The molecule has 0 radical (unpaired) electrons. The van der Waals surface area contributed by atoms with Crippen LogP contribution in [0, 0.1) is 5.92 Å². The van der Waals surface area contributed by atoms with Gasteiger partial charge in [0.05, 0.1) is 0 Å². The molecule has 1 unspecified atom stereocenters. The molecule has 1 amide bonds. The molecule has 138 valence electrons. The average Bonchev–Trinajstić information content (AvgIpc) is 2.61. The van der Waals surface area contributed by atoms with Gasteiger partial charge in [0.15, 0.2) is 0 Å². The lowest BCUT2D eigenvalue weighted by Crippen LogP contribution is -2.47. The number of amides is 1. The summed E-state index contributed by atoms with van der Waals surface area (Å²) < 4.78 is 38.3. The van der Waals surface area contributed by atoms with Gasteiger partial charge in [-0.3, -0.25) is 9.78 Å². The SMILES string of the molecule is CN1CCCCC1C1CCN(C(=O)c2ccnc(C(F)(F)F)c2)CC1. The third kappa shape index (κ3) is 4.14. The summed E-state index contributed by atoms with van der Waals surface area (Å²) in [4.78, 5) is 20.0. The standard InChI is InChI=1S/C18H24F3N3O/c1-23-9-3-2-4-15(23)13-6-10-24(11-7-13)17(25)14-5-8-22-16(12-14)18(19,20)21/h5,8,12-13,15H,2-4,6-7,9-11H2,1H3. The molecule has 3 rings (SSSR count). The molecule has 1 atom stereocenters. The van der Waals surface area contributed by atoms with E-state index in [0.717, 1.165) is 31.6 Å². The van der Waals surface area contributed by atoms with Gasteiger partial charge in [0.1, 0.15) is 5.69 Å². The van der Waals surface area contributed by atoms with E-state index in [-0.39, 0.29) is 11.5 Å². The second kappa shape index (κ2) is 7.32. The van der Waals surface area contributed by atoms with E-state index in [1.165, 1.54) is 25.3 Å². The molecule has 2 aliphatic heterocycles. The Kier molecular flexibility index (Phi) is 5.32. The fourth-order valence-corrected chi connectivity index (χ4v) is 4.08. The Balaban J connectivity index is 1.62. The minimum absolute atomic E-state index is 0.0653. The van der Waals surface area contributed by atoms with Crippen molar-refractivity contribution in [3.63, 3.8) is 0 Å². The first-order valence-corrected chi connectivity index (χ1v) is 8.89. The number of hydrogen-bond donors (Lipinski definition) is 0. The zero-order chi connectivity index (χ0) is 18.0. The lowest BCUT2D eigenvalue weighted by atomic mass is 9.84. The maximum Gasteiger partial charge on any atom is 0.433 e. The predicted octanol–water partition coefficient (Wildman–Crippen LogP) is 3.44. The van der Waals surface area contributed by atoms with E-state index in [0.29, 0.717) is 25.0 Å². The molecular weight excluding hydrogens is 331 g/mol. The zero-order valence-electron chi connectivity index (χ0n) is 14.4. The Morgan fingerprint density at radius 3 is 2.52 bits per heavy atom. The number of pyridine rings is 1. The minimum atomic E-state index is -4.53. The summed E-state index contributed by atoms with van der Waals surface area (Å²) in [6.07, 6.45) is 2.05. The number of hydrogen-bond acceptors (Lipinski definition) is 3. The van der Waals surface area contributed by atoms with E-state index in [4.69, 9.17) is 0 Å². The van der Waals surface area contributed by atoms with E-state index in [2.05, 4.69) is 16.9 Å². The number of piperidine rings is 2. The maximum atomic E-state index is 12.8. The second-order valence-electron chi connectivity index (χ2n) is 7.10. The largest absolute Gasteiger partial charge is 0.433 e. The van der Waals surface area contributed by atoms with Gasteiger partial charge in [-0.05, 0) is 57.3 Å².